The average Bonchev–Trinajstić information content (AvgIpc) is 2.13. The Bertz CT molecular complexity index is 145. The highest BCUT2D eigenvalue weighted by atomic mass is 17.1. The van der Waals surface area contributed by atoms with Crippen molar-refractivity contribution in [1.82, 2.24) is 10.8 Å². The second-order valence-corrected chi connectivity index (χ2v) is 2.75. The number of unbranched alkanes of at least 4 members (excludes halogenated alkanes) is 1. The Morgan fingerprint density at radius 2 is 1.67 bits per heavy atom. The van der Waals surface area contributed by atoms with Crippen molar-refractivity contribution in [2.45, 2.75) is 25.4 Å². The van der Waals surface area contributed by atoms with E-state index in [1.807, 2.05) is 0 Å². The van der Waals surface area contributed by atoms with Gasteiger partial charge in [-0.25, -0.2) is 9.68 Å². The van der Waals surface area contributed by atoms with Crippen molar-refractivity contribution in [3.63, 3.8) is 0 Å². The predicted molar refractivity (Wildman–Crippen MR) is 42.6 cm³/mol. The summed E-state index contributed by atoms with van der Waals surface area (Å²) < 4.78 is 0. The Balaban J connectivity index is 3.73. The van der Waals surface area contributed by atoms with Crippen LogP contribution in [0.3, 0.4) is 0 Å². The van der Waals surface area contributed by atoms with Crippen molar-refractivity contribution in [3.8, 4) is 0 Å². The summed E-state index contributed by atoms with van der Waals surface area (Å²) >= 11 is 0. The molecule has 0 radical (unpaired) electrons. The van der Waals surface area contributed by atoms with Crippen molar-refractivity contribution in [2.24, 2.45) is 0 Å². The van der Waals surface area contributed by atoms with Crippen molar-refractivity contribution < 1.29 is 35.6 Å². The number of rotatable bonds is 9. The first kappa shape index (κ1) is 14.6. The zero-order valence-corrected chi connectivity index (χ0v) is 8.06. The van der Waals surface area contributed by atoms with Gasteiger partial charge in [0, 0.05) is 6.61 Å². The quantitative estimate of drug-likeness (QED) is 0.263. The maximum atomic E-state index is 8.51. The minimum atomic E-state index is -0.770. The van der Waals surface area contributed by atoms with E-state index in [1.54, 1.807) is 0 Å². The molecule has 9 nitrogen and oxygen atoms in total. The largest absolute Gasteiger partial charge is 0.396 e. The van der Waals surface area contributed by atoms with Gasteiger partial charge in [-0.15, -0.1) is 0 Å². The summed E-state index contributed by atoms with van der Waals surface area (Å²) in [4.78, 5) is 8.68. The molecule has 0 aromatic heterocycles. The second-order valence-electron chi connectivity index (χ2n) is 2.75. The van der Waals surface area contributed by atoms with Crippen LogP contribution in [0.5, 0.6) is 0 Å². The summed E-state index contributed by atoms with van der Waals surface area (Å²) in [5.41, 5.74) is 0. The van der Waals surface area contributed by atoms with Crippen molar-refractivity contribution in [2.75, 3.05) is 13.2 Å². The molecule has 1 unspecified atom stereocenters. The minimum Gasteiger partial charge on any atom is -0.396 e. The number of hydrogen-bond donors (Lipinski definition) is 5. The van der Waals surface area contributed by atoms with E-state index in [-0.39, 0.29) is 13.2 Å². The molecule has 5 N–H and O–H groups in total. The molecule has 0 amide bonds. The van der Waals surface area contributed by atoms with Crippen LogP contribution in [0.2, 0.25) is 0 Å². The van der Waals surface area contributed by atoms with Gasteiger partial charge in [-0.3, -0.25) is 20.8 Å². The highest BCUT2D eigenvalue weighted by Gasteiger charge is 2.14. The third kappa shape index (κ3) is 9.93. The average molecular weight is 228 g/mol. The Morgan fingerprint density at radius 3 is 2.13 bits per heavy atom. The van der Waals surface area contributed by atoms with Gasteiger partial charge < -0.3 is 5.11 Å². The van der Waals surface area contributed by atoms with Crippen molar-refractivity contribution >= 4 is 0 Å². The Hall–Kier alpha value is -0.360. The number of aliphatic hydroxyl groups is 1. The van der Waals surface area contributed by atoms with Crippen LogP contribution in [0.25, 0.3) is 0 Å². The molecular weight excluding hydrogens is 212 g/mol. The van der Waals surface area contributed by atoms with E-state index in [1.165, 1.54) is 0 Å². The molecule has 9 heteroatoms. The van der Waals surface area contributed by atoms with Crippen LogP contribution in [-0.2, 0) is 9.68 Å². The lowest BCUT2D eigenvalue weighted by molar-refractivity contribution is -0.527. The first-order chi connectivity index (χ1) is 7.06. The molecule has 0 aliphatic rings. The first-order valence-corrected chi connectivity index (χ1v) is 4.32. The third-order valence-electron chi connectivity index (χ3n) is 1.55. The molecule has 0 bridgehead atoms. The van der Waals surface area contributed by atoms with E-state index < -0.39 is 16.9 Å². The van der Waals surface area contributed by atoms with Gasteiger partial charge in [0.15, 0.2) is 0 Å². The number of nitrogens with zero attached hydrogens (tertiary/aromatic N) is 2. The van der Waals surface area contributed by atoms with Crippen LogP contribution >= 0.6 is 0 Å². The second kappa shape index (κ2) is 8.91. The van der Waals surface area contributed by atoms with Crippen molar-refractivity contribution in [3.05, 3.63) is 0 Å². The molecule has 0 aliphatic carbocycles. The fraction of sp³-hybridized carbons (Fsp3) is 1.00. The van der Waals surface area contributed by atoms with E-state index in [9.17, 15) is 0 Å². The molecule has 0 saturated heterocycles. The summed E-state index contributed by atoms with van der Waals surface area (Å²) in [5.74, 6) is 0. The lowest BCUT2D eigenvalue weighted by Crippen LogP contribution is -2.31. The topological polar surface area (TPSA) is 126 Å². The fourth-order valence-electron chi connectivity index (χ4n) is 0.933. The smallest absolute Gasteiger partial charge is 0.110 e. The molecule has 92 valence electrons. The van der Waals surface area contributed by atoms with Crippen LogP contribution in [0, 0.1) is 0 Å². The van der Waals surface area contributed by atoms with Gasteiger partial charge >= 0.3 is 0 Å². The zero-order chi connectivity index (χ0) is 11.7. The summed E-state index contributed by atoms with van der Waals surface area (Å²) in [6.07, 6.45) is 0.674. The van der Waals surface area contributed by atoms with Crippen molar-refractivity contribution in [1.29, 1.82) is 0 Å². The van der Waals surface area contributed by atoms with E-state index in [2.05, 4.69) is 9.68 Å². The first-order valence-electron chi connectivity index (χ1n) is 4.32. The van der Waals surface area contributed by atoms with Crippen LogP contribution in [0.4, 0.5) is 0 Å². The minimum absolute atomic E-state index is 0.0155. The predicted octanol–water partition coefficient (Wildman–Crippen LogP) is -0.458. The number of aliphatic hydroxyl groups excluding tert-OH is 1. The summed E-state index contributed by atoms with van der Waals surface area (Å²) in [6, 6.07) is 0. The van der Waals surface area contributed by atoms with Crippen LogP contribution in [0.15, 0.2) is 0 Å². The molecule has 0 heterocycles. The van der Waals surface area contributed by atoms with E-state index in [0.717, 1.165) is 0 Å². The molecule has 0 saturated carbocycles. The van der Waals surface area contributed by atoms with Gasteiger partial charge in [-0.2, -0.15) is 0 Å². The lowest BCUT2D eigenvalue weighted by Gasteiger charge is -2.18. The van der Waals surface area contributed by atoms with Crippen LogP contribution in [-0.4, -0.2) is 56.0 Å². The molecule has 15 heavy (non-hydrogen) atoms. The van der Waals surface area contributed by atoms with Gasteiger partial charge in [0.05, 0.1) is 10.8 Å². The van der Waals surface area contributed by atoms with Gasteiger partial charge in [0.25, 0.3) is 0 Å². The van der Waals surface area contributed by atoms with Gasteiger partial charge in [-0.05, 0) is 19.3 Å². The van der Waals surface area contributed by atoms with E-state index >= 15 is 0 Å². The Kier molecular flexibility index (Phi) is 8.70. The van der Waals surface area contributed by atoms with Crippen LogP contribution < -0.4 is 0 Å². The maximum Gasteiger partial charge on any atom is 0.110 e. The highest BCUT2D eigenvalue weighted by Crippen LogP contribution is 2.06. The van der Waals surface area contributed by atoms with Gasteiger partial charge in [-0.1, -0.05) is 0 Å². The zero-order valence-electron chi connectivity index (χ0n) is 8.06. The normalized spacial score (nSPS) is 13.8. The Morgan fingerprint density at radius 1 is 1.00 bits per heavy atom. The monoisotopic (exact) mass is 228 g/mol. The van der Waals surface area contributed by atoms with E-state index in [0.29, 0.717) is 19.3 Å². The summed E-state index contributed by atoms with van der Waals surface area (Å²) in [7, 11) is 0. The van der Waals surface area contributed by atoms with Crippen LogP contribution in [0.1, 0.15) is 19.3 Å². The SMILES string of the molecule is OCCCCC(CON(O)O)ON(O)O. The number of hydrogen-bond acceptors (Lipinski definition) is 9. The summed E-state index contributed by atoms with van der Waals surface area (Å²) in [6.45, 7) is -0.266. The van der Waals surface area contributed by atoms with Gasteiger partial charge in [0.1, 0.15) is 12.7 Å². The summed E-state index contributed by atoms with van der Waals surface area (Å²) in [5, 5.41) is 40.7. The van der Waals surface area contributed by atoms with Gasteiger partial charge in [0.2, 0.25) is 0 Å². The molecule has 0 fully saturated rings. The molecule has 0 aromatic carbocycles. The molecule has 0 spiro atoms. The Labute approximate surface area is 86.0 Å². The third-order valence-corrected chi connectivity index (χ3v) is 1.55. The lowest BCUT2D eigenvalue weighted by atomic mass is 10.2. The fourth-order valence-corrected chi connectivity index (χ4v) is 0.933. The molecule has 0 aliphatic heterocycles. The molecule has 1 atom stereocenters. The van der Waals surface area contributed by atoms with E-state index in [4.69, 9.17) is 25.9 Å². The maximum absolute atomic E-state index is 8.51. The standard InChI is InChI=1S/C6H16N2O7/c9-4-2-1-3-6(15-8(12)13)5-14-7(10)11/h6,9-13H,1-5H2. The molecule has 0 aromatic rings. The molecular formula is C6H16N2O7. The molecule has 0 rings (SSSR count). The highest BCUT2D eigenvalue weighted by molar-refractivity contribution is 4.54.